The largest absolute Gasteiger partial charge is 0.477 e. The van der Waals surface area contributed by atoms with E-state index in [1.807, 2.05) is 6.92 Å². The van der Waals surface area contributed by atoms with Gasteiger partial charge in [-0.05, 0) is 12.0 Å². The zero-order valence-electron chi connectivity index (χ0n) is 10.9. The number of rotatable bonds is 7. The minimum absolute atomic E-state index is 0.0653. The molecule has 0 amide bonds. The Morgan fingerprint density at radius 3 is 2.32 bits per heavy atom. The average molecular weight is 271 g/mol. The van der Waals surface area contributed by atoms with Gasteiger partial charge in [-0.25, -0.2) is 4.79 Å². The summed E-state index contributed by atoms with van der Waals surface area (Å²) in [5.41, 5.74) is 3.79. The maximum atomic E-state index is 14.0. The molecule has 0 aromatic heterocycles. The van der Waals surface area contributed by atoms with Crippen molar-refractivity contribution in [2.75, 3.05) is 0 Å². The van der Waals surface area contributed by atoms with Crippen molar-refractivity contribution in [2.24, 2.45) is 5.73 Å². The highest BCUT2D eigenvalue weighted by Gasteiger charge is 2.57. The molecule has 1 aromatic rings. The molecule has 1 aromatic carbocycles. The molecule has 0 bridgehead atoms. The van der Waals surface area contributed by atoms with Crippen LogP contribution < -0.4 is 5.73 Å². The molecule has 0 fully saturated rings. The van der Waals surface area contributed by atoms with E-state index in [-0.39, 0.29) is 12.0 Å². The van der Waals surface area contributed by atoms with Gasteiger partial charge in [0, 0.05) is 0 Å². The van der Waals surface area contributed by atoms with Gasteiger partial charge in [0.05, 0.1) is 0 Å². The monoisotopic (exact) mass is 271 g/mol. The number of carboxylic acid groups (broad SMARTS) is 1. The van der Waals surface area contributed by atoms with Gasteiger partial charge in [-0.3, -0.25) is 0 Å². The van der Waals surface area contributed by atoms with E-state index < -0.39 is 17.4 Å². The summed E-state index contributed by atoms with van der Waals surface area (Å²) in [6.07, 6.45) is 1.99. The van der Waals surface area contributed by atoms with Gasteiger partial charge in [-0.1, -0.05) is 56.5 Å². The van der Waals surface area contributed by atoms with Gasteiger partial charge in [0.25, 0.3) is 0 Å². The lowest BCUT2D eigenvalue weighted by Crippen LogP contribution is -2.57. The van der Waals surface area contributed by atoms with Crippen molar-refractivity contribution < 1.29 is 18.7 Å². The first-order valence-corrected chi connectivity index (χ1v) is 6.32. The number of carbonyl (C=O) groups is 1. The molecule has 0 radical (unpaired) electrons. The fraction of sp³-hybridized carbons (Fsp3) is 0.500. The summed E-state index contributed by atoms with van der Waals surface area (Å²) >= 11 is 0. The molecule has 106 valence electrons. The summed E-state index contributed by atoms with van der Waals surface area (Å²) < 4.78 is 28.0. The molecule has 1 rings (SSSR count). The molecule has 3 N–H and O–H groups in total. The Labute approximate surface area is 111 Å². The van der Waals surface area contributed by atoms with Crippen molar-refractivity contribution in [1.29, 1.82) is 0 Å². The second kappa shape index (κ2) is 6.10. The van der Waals surface area contributed by atoms with Crippen molar-refractivity contribution in [3.8, 4) is 0 Å². The highest BCUT2D eigenvalue weighted by Crippen LogP contribution is 2.39. The molecule has 19 heavy (non-hydrogen) atoms. The zero-order valence-corrected chi connectivity index (χ0v) is 10.9. The summed E-state index contributed by atoms with van der Waals surface area (Å²) in [6, 6.07) is 7.73. The van der Waals surface area contributed by atoms with Crippen molar-refractivity contribution in [3.63, 3.8) is 0 Å². The van der Waals surface area contributed by atoms with E-state index in [9.17, 15) is 13.6 Å². The molecule has 0 saturated heterocycles. The first-order valence-electron chi connectivity index (χ1n) is 6.32. The van der Waals surface area contributed by atoms with E-state index in [2.05, 4.69) is 0 Å². The Hall–Kier alpha value is -1.49. The summed E-state index contributed by atoms with van der Waals surface area (Å²) in [5.74, 6) is -6.18. The van der Waals surface area contributed by atoms with Crippen molar-refractivity contribution in [2.45, 2.75) is 44.1 Å². The van der Waals surface area contributed by atoms with Gasteiger partial charge in [0.1, 0.15) is 5.54 Å². The lowest BCUT2D eigenvalue weighted by atomic mass is 9.80. The molecule has 0 heterocycles. The van der Waals surface area contributed by atoms with E-state index in [1.54, 1.807) is 18.2 Å². The van der Waals surface area contributed by atoms with Crippen LogP contribution in [0.5, 0.6) is 0 Å². The Bertz CT molecular complexity index is 423. The molecule has 0 saturated carbocycles. The van der Waals surface area contributed by atoms with Crippen molar-refractivity contribution in [3.05, 3.63) is 35.9 Å². The second-order valence-corrected chi connectivity index (χ2v) is 4.67. The van der Waals surface area contributed by atoms with Gasteiger partial charge in [-0.2, -0.15) is 8.78 Å². The molecule has 3 nitrogen and oxygen atoms in total. The number of alkyl halides is 2. The third-order valence-electron chi connectivity index (χ3n) is 3.29. The van der Waals surface area contributed by atoms with Crippen LogP contribution >= 0.6 is 0 Å². The quantitative estimate of drug-likeness (QED) is 0.749. The van der Waals surface area contributed by atoms with Gasteiger partial charge in [-0.15, -0.1) is 0 Å². The fourth-order valence-electron chi connectivity index (χ4n) is 2.06. The van der Waals surface area contributed by atoms with Gasteiger partial charge < -0.3 is 10.8 Å². The predicted octanol–water partition coefficient (Wildman–Crippen LogP) is 3.14. The van der Waals surface area contributed by atoms with Crippen LogP contribution in [0.25, 0.3) is 0 Å². The van der Waals surface area contributed by atoms with Crippen LogP contribution in [0.3, 0.4) is 0 Å². The van der Waals surface area contributed by atoms with E-state index in [0.717, 1.165) is 12.8 Å². The summed E-state index contributed by atoms with van der Waals surface area (Å²) in [7, 11) is 0. The predicted molar refractivity (Wildman–Crippen MR) is 69.0 cm³/mol. The minimum atomic E-state index is -4.00. The maximum absolute atomic E-state index is 14.0. The number of nitrogens with two attached hydrogens (primary N) is 1. The molecule has 1 atom stereocenters. The summed E-state index contributed by atoms with van der Waals surface area (Å²) in [6.45, 7) is 1.94. The number of hydrogen-bond donors (Lipinski definition) is 2. The Balaban J connectivity index is 3.14. The first kappa shape index (κ1) is 15.6. The highest BCUT2D eigenvalue weighted by molar-refractivity contribution is 5.77. The van der Waals surface area contributed by atoms with Crippen LogP contribution in [0.2, 0.25) is 0 Å². The van der Waals surface area contributed by atoms with Gasteiger partial charge in [0.15, 0.2) is 0 Å². The highest BCUT2D eigenvalue weighted by atomic mass is 19.3. The standard InChI is InChI=1S/C14H19F2NO2/c1-2-3-7-10-13(17,14(15,16)12(18)19)11-8-5-4-6-9-11/h4-6,8-9H,2-3,7,10,17H2,1H3,(H,18,19)/t13-/m0/s1. The lowest BCUT2D eigenvalue weighted by molar-refractivity contribution is -0.178. The van der Waals surface area contributed by atoms with Crippen LogP contribution in [0.1, 0.15) is 38.2 Å². The number of unbranched alkanes of at least 4 members (excludes halogenated alkanes) is 2. The second-order valence-electron chi connectivity index (χ2n) is 4.67. The van der Waals surface area contributed by atoms with Crippen LogP contribution in [-0.2, 0) is 10.3 Å². The third-order valence-corrected chi connectivity index (χ3v) is 3.29. The van der Waals surface area contributed by atoms with Crippen LogP contribution in [-0.4, -0.2) is 17.0 Å². The molecular weight excluding hydrogens is 252 g/mol. The molecule has 0 aliphatic rings. The van der Waals surface area contributed by atoms with Gasteiger partial charge in [0.2, 0.25) is 0 Å². The number of hydrogen-bond acceptors (Lipinski definition) is 2. The molecule has 5 heteroatoms. The van der Waals surface area contributed by atoms with E-state index in [1.165, 1.54) is 12.1 Å². The SMILES string of the molecule is CCCCC[C@](N)(c1ccccc1)C(F)(F)C(=O)O. The number of benzene rings is 1. The third kappa shape index (κ3) is 3.10. The van der Waals surface area contributed by atoms with E-state index in [4.69, 9.17) is 10.8 Å². The molecule has 0 aliphatic heterocycles. The first-order chi connectivity index (χ1) is 8.86. The minimum Gasteiger partial charge on any atom is -0.477 e. The van der Waals surface area contributed by atoms with Crippen molar-refractivity contribution in [1.82, 2.24) is 0 Å². The lowest BCUT2D eigenvalue weighted by Gasteiger charge is -2.35. The van der Waals surface area contributed by atoms with Gasteiger partial charge >= 0.3 is 11.9 Å². The van der Waals surface area contributed by atoms with Crippen LogP contribution in [0, 0.1) is 0 Å². The Morgan fingerprint density at radius 2 is 1.84 bits per heavy atom. The van der Waals surface area contributed by atoms with Crippen molar-refractivity contribution >= 4 is 5.97 Å². The summed E-state index contributed by atoms with van der Waals surface area (Å²) in [4.78, 5) is 10.8. The maximum Gasteiger partial charge on any atom is 0.376 e. The van der Waals surface area contributed by atoms with Crippen LogP contribution in [0.4, 0.5) is 8.78 Å². The fourth-order valence-corrected chi connectivity index (χ4v) is 2.06. The number of carboxylic acids is 1. The average Bonchev–Trinajstić information content (AvgIpc) is 2.39. The van der Waals surface area contributed by atoms with Crippen LogP contribution in [0.15, 0.2) is 30.3 Å². The van der Waals surface area contributed by atoms with E-state index in [0.29, 0.717) is 6.42 Å². The topological polar surface area (TPSA) is 63.3 Å². The zero-order chi connectivity index (χ0) is 14.5. The molecule has 0 aliphatic carbocycles. The van der Waals surface area contributed by atoms with E-state index >= 15 is 0 Å². The molecule has 0 unspecified atom stereocenters. The Kier molecular flexibility index (Phi) is 5.00. The number of aliphatic carboxylic acids is 1. The molecular formula is C14H19F2NO2. The number of halogens is 2. The smallest absolute Gasteiger partial charge is 0.376 e. The normalized spacial score (nSPS) is 14.9. The Morgan fingerprint density at radius 1 is 1.26 bits per heavy atom. The summed E-state index contributed by atoms with van der Waals surface area (Å²) in [5, 5.41) is 8.76. The molecule has 0 spiro atoms.